The molecule has 0 radical (unpaired) electrons. The van der Waals surface area contributed by atoms with Crippen molar-refractivity contribution in [1.29, 1.82) is 0 Å². The Kier molecular flexibility index (Phi) is 6.71. The number of amidine groups is 1. The van der Waals surface area contributed by atoms with E-state index < -0.39 is 0 Å². The van der Waals surface area contributed by atoms with Crippen LogP contribution < -0.4 is 15.4 Å². The predicted octanol–water partition coefficient (Wildman–Crippen LogP) is 6.65. The number of anilines is 2. The van der Waals surface area contributed by atoms with E-state index in [1.54, 1.807) is 7.11 Å². The number of nitrogens with one attached hydrogen (secondary N) is 2. The molecular formula is C27H30ClN3O. The first kappa shape index (κ1) is 22.2. The number of ether oxygens (including phenoxy) is 1. The van der Waals surface area contributed by atoms with Crippen LogP contribution in [0.25, 0.3) is 0 Å². The van der Waals surface area contributed by atoms with Crippen molar-refractivity contribution in [2.45, 2.75) is 43.7 Å². The van der Waals surface area contributed by atoms with E-state index in [0.29, 0.717) is 12.5 Å². The monoisotopic (exact) mass is 447 g/mol. The fourth-order valence-corrected chi connectivity index (χ4v) is 4.93. The van der Waals surface area contributed by atoms with Crippen LogP contribution >= 0.6 is 12.4 Å². The summed E-state index contributed by atoms with van der Waals surface area (Å²) in [5.74, 6) is 2.54. The highest BCUT2D eigenvalue weighted by Crippen LogP contribution is 2.44. The van der Waals surface area contributed by atoms with Crippen molar-refractivity contribution in [3.8, 4) is 5.75 Å². The first-order valence-electron chi connectivity index (χ1n) is 11.1. The molecule has 5 heteroatoms. The Morgan fingerprint density at radius 3 is 2.38 bits per heavy atom. The van der Waals surface area contributed by atoms with Crippen molar-refractivity contribution >= 4 is 29.6 Å². The van der Waals surface area contributed by atoms with Crippen molar-refractivity contribution in [2.24, 2.45) is 4.99 Å². The van der Waals surface area contributed by atoms with Gasteiger partial charge in [0.1, 0.15) is 11.6 Å². The largest absolute Gasteiger partial charge is 0.497 e. The van der Waals surface area contributed by atoms with Gasteiger partial charge in [-0.3, -0.25) is 4.99 Å². The topological polar surface area (TPSA) is 45.6 Å². The van der Waals surface area contributed by atoms with Gasteiger partial charge in [0.25, 0.3) is 0 Å². The number of benzene rings is 3. The molecule has 4 nitrogen and oxygen atoms in total. The molecule has 3 aromatic rings. The van der Waals surface area contributed by atoms with E-state index in [-0.39, 0.29) is 17.9 Å². The predicted molar refractivity (Wildman–Crippen MR) is 135 cm³/mol. The standard InChI is InChI=1S/C27H29N3O.ClH/c1-31-23-11-7-8-20(18-23)19-28-26-27(30-25-13-6-5-12-24(25)29-26)16-14-22(15-17-27)21-9-3-2-4-10-21;/h2-13,18,22,30H,14-17,19H2,1H3,(H,28,29);1H. The molecule has 166 valence electrons. The van der Waals surface area contributed by atoms with Gasteiger partial charge >= 0.3 is 0 Å². The van der Waals surface area contributed by atoms with Gasteiger partial charge in [-0.15, -0.1) is 12.4 Å². The molecule has 1 aliphatic carbocycles. The summed E-state index contributed by atoms with van der Waals surface area (Å²) in [6.07, 6.45) is 4.42. The Labute approximate surface area is 196 Å². The van der Waals surface area contributed by atoms with E-state index in [0.717, 1.165) is 48.5 Å². The lowest BCUT2D eigenvalue weighted by Crippen LogP contribution is -2.54. The van der Waals surface area contributed by atoms with Crippen LogP contribution in [0, 0.1) is 0 Å². The number of methoxy groups -OCH3 is 1. The van der Waals surface area contributed by atoms with Gasteiger partial charge in [0.05, 0.1) is 30.6 Å². The number of fused-ring (bicyclic) bond motifs is 1. The third-order valence-electron chi connectivity index (χ3n) is 6.67. The quantitative estimate of drug-likeness (QED) is 0.470. The molecule has 0 unspecified atom stereocenters. The van der Waals surface area contributed by atoms with Crippen molar-refractivity contribution in [3.63, 3.8) is 0 Å². The molecule has 1 fully saturated rings. The Bertz CT molecular complexity index is 1080. The molecule has 1 heterocycles. The number of halogens is 1. The van der Waals surface area contributed by atoms with Crippen LogP contribution in [0.4, 0.5) is 11.4 Å². The van der Waals surface area contributed by atoms with Gasteiger partial charge in [0, 0.05) is 0 Å². The average Bonchev–Trinajstić information content (AvgIpc) is 2.84. The maximum absolute atomic E-state index is 5.38. The second-order valence-corrected chi connectivity index (χ2v) is 8.58. The number of nitrogens with zero attached hydrogens (tertiary/aromatic N) is 1. The molecule has 0 aromatic heterocycles. The highest BCUT2D eigenvalue weighted by Gasteiger charge is 2.43. The summed E-state index contributed by atoms with van der Waals surface area (Å²) in [6.45, 7) is 0.632. The molecule has 2 N–H and O–H groups in total. The van der Waals surface area contributed by atoms with Crippen LogP contribution in [0.15, 0.2) is 83.9 Å². The van der Waals surface area contributed by atoms with E-state index >= 15 is 0 Å². The smallest absolute Gasteiger partial charge is 0.127 e. The van der Waals surface area contributed by atoms with E-state index in [2.05, 4.69) is 77.4 Å². The lowest BCUT2D eigenvalue weighted by atomic mass is 9.72. The Morgan fingerprint density at radius 1 is 0.906 bits per heavy atom. The molecule has 2 aliphatic rings. The normalized spacial score (nSPS) is 22.9. The summed E-state index contributed by atoms with van der Waals surface area (Å²) in [6, 6.07) is 27.5. The van der Waals surface area contributed by atoms with E-state index in [1.807, 2.05) is 12.1 Å². The number of hydrogen-bond donors (Lipinski definition) is 2. The fourth-order valence-electron chi connectivity index (χ4n) is 4.93. The molecule has 5 rings (SSSR count). The highest BCUT2D eigenvalue weighted by molar-refractivity contribution is 6.09. The van der Waals surface area contributed by atoms with Gasteiger partial charge in [0.15, 0.2) is 0 Å². The molecule has 3 aromatic carbocycles. The number of hydrogen-bond acceptors (Lipinski definition) is 3. The third-order valence-corrected chi connectivity index (χ3v) is 6.67. The number of rotatable bonds is 4. The minimum atomic E-state index is -0.140. The van der Waals surface area contributed by atoms with E-state index in [9.17, 15) is 0 Å². The summed E-state index contributed by atoms with van der Waals surface area (Å²) in [4.78, 5) is 5.09. The SMILES string of the molecule is COc1cccc(CN=C2Nc3ccccc3NC23CCC(c2ccccc2)CC3)c1.Cl. The van der Waals surface area contributed by atoms with Gasteiger partial charge in [-0.2, -0.15) is 0 Å². The number of aliphatic imine (C=N–C) groups is 1. The molecule has 32 heavy (non-hydrogen) atoms. The molecule has 1 spiro atoms. The molecule has 0 bridgehead atoms. The zero-order valence-electron chi connectivity index (χ0n) is 18.4. The van der Waals surface area contributed by atoms with E-state index in [4.69, 9.17) is 9.73 Å². The molecule has 0 amide bonds. The fraction of sp³-hybridized carbons (Fsp3) is 0.296. The van der Waals surface area contributed by atoms with E-state index in [1.165, 1.54) is 11.3 Å². The molecule has 0 atom stereocenters. The molecule has 1 aliphatic heterocycles. The summed E-state index contributed by atoms with van der Waals surface area (Å²) < 4.78 is 5.38. The zero-order chi connectivity index (χ0) is 21.1. The summed E-state index contributed by atoms with van der Waals surface area (Å²) in [5, 5.41) is 7.54. The van der Waals surface area contributed by atoms with Crippen molar-refractivity contribution in [2.75, 3.05) is 17.7 Å². The molecular weight excluding hydrogens is 418 g/mol. The lowest BCUT2D eigenvalue weighted by Gasteiger charge is -2.45. The summed E-state index contributed by atoms with van der Waals surface area (Å²) >= 11 is 0. The van der Waals surface area contributed by atoms with Gasteiger partial charge in [-0.25, -0.2) is 0 Å². The van der Waals surface area contributed by atoms with Gasteiger partial charge in [-0.1, -0.05) is 54.6 Å². The van der Waals surface area contributed by atoms with Crippen LogP contribution in [0.5, 0.6) is 5.75 Å². The van der Waals surface area contributed by atoms with Crippen molar-refractivity contribution in [3.05, 3.63) is 90.0 Å². The average molecular weight is 448 g/mol. The molecule has 0 saturated heterocycles. The zero-order valence-corrected chi connectivity index (χ0v) is 19.2. The second-order valence-electron chi connectivity index (χ2n) is 8.58. The minimum absolute atomic E-state index is 0. The molecule has 1 saturated carbocycles. The first-order chi connectivity index (χ1) is 15.3. The van der Waals surface area contributed by atoms with Gasteiger partial charge in [0.2, 0.25) is 0 Å². The first-order valence-corrected chi connectivity index (χ1v) is 11.1. The minimum Gasteiger partial charge on any atom is -0.497 e. The number of para-hydroxylation sites is 2. The van der Waals surface area contributed by atoms with Gasteiger partial charge in [-0.05, 0) is 67.0 Å². The van der Waals surface area contributed by atoms with Crippen LogP contribution in [-0.4, -0.2) is 18.5 Å². The maximum Gasteiger partial charge on any atom is 0.127 e. The Hall–Kier alpha value is -2.98. The lowest BCUT2D eigenvalue weighted by molar-refractivity contribution is 0.363. The summed E-state index contributed by atoms with van der Waals surface area (Å²) in [7, 11) is 1.70. The van der Waals surface area contributed by atoms with Crippen LogP contribution in [-0.2, 0) is 6.54 Å². The third kappa shape index (κ3) is 4.46. The second kappa shape index (κ2) is 9.66. The van der Waals surface area contributed by atoms with Crippen molar-refractivity contribution in [1.82, 2.24) is 0 Å². The maximum atomic E-state index is 5.38. The Morgan fingerprint density at radius 2 is 1.62 bits per heavy atom. The van der Waals surface area contributed by atoms with Crippen LogP contribution in [0.2, 0.25) is 0 Å². The Balaban J connectivity index is 0.00000245. The van der Waals surface area contributed by atoms with Crippen LogP contribution in [0.3, 0.4) is 0 Å². The van der Waals surface area contributed by atoms with Crippen LogP contribution in [0.1, 0.15) is 42.7 Å². The van der Waals surface area contributed by atoms with Gasteiger partial charge < -0.3 is 15.4 Å². The summed E-state index contributed by atoms with van der Waals surface area (Å²) in [5.41, 5.74) is 4.74. The highest BCUT2D eigenvalue weighted by atomic mass is 35.5. The van der Waals surface area contributed by atoms with Crippen molar-refractivity contribution < 1.29 is 4.74 Å².